The van der Waals surface area contributed by atoms with Gasteiger partial charge in [0, 0.05) is 31.5 Å². The molecule has 24 heavy (non-hydrogen) atoms. The third-order valence-corrected chi connectivity index (χ3v) is 4.24. The number of anilines is 1. The zero-order chi connectivity index (χ0) is 17.1. The minimum atomic E-state index is -0.158. The lowest BCUT2D eigenvalue weighted by atomic mass is 10.3. The van der Waals surface area contributed by atoms with Crippen LogP contribution >= 0.6 is 11.8 Å². The zero-order valence-corrected chi connectivity index (χ0v) is 14.1. The molecule has 2 N–H and O–H groups in total. The first-order valence-electron chi connectivity index (χ1n) is 7.30. The lowest BCUT2D eigenvalue weighted by molar-refractivity contribution is -0.115. The summed E-state index contributed by atoms with van der Waals surface area (Å²) in [6.45, 7) is 1.46. The number of carbonyl (C=O) groups excluding carboxylic acids is 2. The quantitative estimate of drug-likeness (QED) is 0.844. The zero-order valence-electron chi connectivity index (χ0n) is 13.2. The number of aliphatic imine (C=N–C) groups is 1. The van der Waals surface area contributed by atoms with E-state index in [9.17, 15) is 9.59 Å². The van der Waals surface area contributed by atoms with E-state index in [-0.39, 0.29) is 11.8 Å². The molecule has 1 saturated heterocycles. The van der Waals surface area contributed by atoms with Crippen molar-refractivity contribution in [1.82, 2.24) is 9.88 Å². The number of hydrogen-bond acceptors (Lipinski definition) is 4. The van der Waals surface area contributed by atoms with Crippen molar-refractivity contribution in [3.63, 3.8) is 0 Å². The molecule has 2 amide bonds. The molecule has 2 heterocycles. The summed E-state index contributed by atoms with van der Waals surface area (Å²) in [6.07, 6.45) is 3.76. The van der Waals surface area contributed by atoms with Crippen LogP contribution in [0.1, 0.15) is 12.6 Å². The maximum absolute atomic E-state index is 12.1. The van der Waals surface area contributed by atoms with Crippen molar-refractivity contribution in [1.29, 1.82) is 0 Å². The molecule has 1 aliphatic heterocycles. The van der Waals surface area contributed by atoms with Crippen molar-refractivity contribution in [3.05, 3.63) is 53.2 Å². The van der Waals surface area contributed by atoms with Crippen LogP contribution in [0.15, 0.2) is 52.5 Å². The molecule has 122 valence electrons. The number of amidine groups is 1. The van der Waals surface area contributed by atoms with E-state index in [0.29, 0.717) is 21.4 Å². The van der Waals surface area contributed by atoms with Crippen LogP contribution in [0, 0.1) is 0 Å². The molecule has 0 atom stereocenters. The molecule has 0 radical (unpaired) electrons. The Labute approximate surface area is 143 Å². The molecule has 0 bridgehead atoms. The van der Waals surface area contributed by atoms with Crippen molar-refractivity contribution < 1.29 is 9.59 Å². The Morgan fingerprint density at radius 2 is 2.04 bits per heavy atom. The summed E-state index contributed by atoms with van der Waals surface area (Å²) < 4.78 is 1.94. The second kappa shape index (κ2) is 6.76. The van der Waals surface area contributed by atoms with Crippen LogP contribution in [0.25, 0.3) is 6.08 Å². The second-order valence-corrected chi connectivity index (χ2v) is 6.28. The minimum Gasteiger partial charge on any atom is -0.351 e. The summed E-state index contributed by atoms with van der Waals surface area (Å²) in [5, 5.41) is 5.99. The van der Waals surface area contributed by atoms with Gasteiger partial charge in [-0.15, -0.1) is 0 Å². The Morgan fingerprint density at radius 1 is 1.29 bits per heavy atom. The summed E-state index contributed by atoms with van der Waals surface area (Å²) in [6, 6.07) is 11.0. The maximum Gasteiger partial charge on any atom is 0.264 e. The monoisotopic (exact) mass is 340 g/mol. The fraction of sp³-hybridized carbons (Fsp3) is 0.118. The van der Waals surface area contributed by atoms with E-state index in [1.165, 1.54) is 18.7 Å². The Morgan fingerprint density at radius 3 is 2.67 bits per heavy atom. The predicted octanol–water partition coefficient (Wildman–Crippen LogP) is 2.88. The summed E-state index contributed by atoms with van der Waals surface area (Å²) in [4.78, 5) is 28.1. The number of rotatable bonds is 3. The fourth-order valence-electron chi connectivity index (χ4n) is 2.18. The third-order valence-electron chi connectivity index (χ3n) is 3.33. The van der Waals surface area contributed by atoms with Gasteiger partial charge in [-0.3, -0.25) is 9.59 Å². The topological polar surface area (TPSA) is 75.5 Å². The number of amides is 2. The van der Waals surface area contributed by atoms with Gasteiger partial charge in [0.15, 0.2) is 5.17 Å². The summed E-state index contributed by atoms with van der Waals surface area (Å²) in [7, 11) is 1.93. The molecule has 7 heteroatoms. The number of nitrogens with one attached hydrogen (secondary N) is 2. The molecule has 0 aliphatic carbocycles. The highest BCUT2D eigenvalue weighted by molar-refractivity contribution is 8.18. The lowest BCUT2D eigenvalue weighted by Gasteiger charge is -2.02. The molecule has 1 aliphatic rings. The predicted molar refractivity (Wildman–Crippen MR) is 97.0 cm³/mol. The van der Waals surface area contributed by atoms with E-state index in [2.05, 4.69) is 15.6 Å². The average Bonchev–Trinajstić information content (AvgIpc) is 3.08. The lowest BCUT2D eigenvalue weighted by Crippen LogP contribution is -2.19. The Bertz CT molecular complexity index is 850. The standard InChI is InChI=1S/C17H16N4O2S/c1-11(22)18-12-5-7-13(8-6-12)19-17-20-16(23)15(24-17)10-14-4-3-9-21(14)2/h3-10H,1-2H3,(H,18,22)(H,19,20,23). The molecule has 2 aromatic rings. The second-order valence-electron chi connectivity index (χ2n) is 5.25. The largest absolute Gasteiger partial charge is 0.351 e. The van der Waals surface area contributed by atoms with Gasteiger partial charge in [-0.1, -0.05) is 0 Å². The molecule has 6 nitrogen and oxygen atoms in total. The number of carbonyl (C=O) groups is 2. The highest BCUT2D eigenvalue weighted by atomic mass is 32.2. The van der Waals surface area contributed by atoms with Gasteiger partial charge in [0.25, 0.3) is 5.91 Å². The van der Waals surface area contributed by atoms with E-state index < -0.39 is 0 Å². The van der Waals surface area contributed by atoms with Gasteiger partial charge in [-0.2, -0.15) is 0 Å². The smallest absolute Gasteiger partial charge is 0.264 e. The first kappa shape index (κ1) is 16.1. The number of benzene rings is 1. The Hall–Kier alpha value is -2.80. The van der Waals surface area contributed by atoms with Crippen LogP contribution in [0.5, 0.6) is 0 Å². The number of hydrogen-bond donors (Lipinski definition) is 2. The van der Waals surface area contributed by atoms with E-state index >= 15 is 0 Å². The van der Waals surface area contributed by atoms with Crippen molar-refractivity contribution in [3.8, 4) is 0 Å². The van der Waals surface area contributed by atoms with Gasteiger partial charge in [0.2, 0.25) is 5.91 Å². The number of nitrogens with zero attached hydrogens (tertiary/aromatic N) is 2. The first-order valence-corrected chi connectivity index (χ1v) is 8.11. The molecule has 3 rings (SSSR count). The first-order chi connectivity index (χ1) is 11.5. The van der Waals surface area contributed by atoms with Gasteiger partial charge in [-0.05, 0) is 54.2 Å². The van der Waals surface area contributed by atoms with E-state index in [0.717, 1.165) is 5.69 Å². The summed E-state index contributed by atoms with van der Waals surface area (Å²) >= 11 is 1.30. The van der Waals surface area contributed by atoms with Crippen LogP contribution in [-0.2, 0) is 16.6 Å². The average molecular weight is 340 g/mol. The number of aryl methyl sites for hydroxylation is 1. The van der Waals surface area contributed by atoms with Crippen molar-refractivity contribution in [2.45, 2.75) is 6.92 Å². The summed E-state index contributed by atoms with van der Waals surface area (Å²) in [5.41, 5.74) is 2.36. The Balaban J connectivity index is 1.75. The molecule has 1 aromatic carbocycles. The van der Waals surface area contributed by atoms with Gasteiger partial charge in [0.1, 0.15) is 0 Å². The number of aromatic nitrogens is 1. The molecule has 0 spiro atoms. The van der Waals surface area contributed by atoms with Crippen LogP contribution in [0.3, 0.4) is 0 Å². The molecule has 1 aromatic heterocycles. The normalized spacial score (nSPS) is 17.3. The van der Waals surface area contributed by atoms with E-state index in [1.807, 2.05) is 36.0 Å². The van der Waals surface area contributed by atoms with E-state index in [1.54, 1.807) is 24.3 Å². The Kier molecular flexibility index (Phi) is 4.52. The SMILES string of the molecule is CC(=O)Nc1ccc(N=C2NC(=O)C(=Cc3cccn3C)S2)cc1. The van der Waals surface area contributed by atoms with Crippen molar-refractivity contribution in [2.24, 2.45) is 12.0 Å². The molecular weight excluding hydrogens is 324 g/mol. The molecular formula is C17H16N4O2S. The van der Waals surface area contributed by atoms with Gasteiger partial charge in [0.05, 0.1) is 10.6 Å². The van der Waals surface area contributed by atoms with Crippen LogP contribution in [0.4, 0.5) is 11.4 Å². The summed E-state index contributed by atoms with van der Waals surface area (Å²) in [5.74, 6) is -0.280. The van der Waals surface area contributed by atoms with E-state index in [4.69, 9.17) is 0 Å². The van der Waals surface area contributed by atoms with Gasteiger partial charge < -0.3 is 15.2 Å². The highest BCUT2D eigenvalue weighted by Crippen LogP contribution is 2.28. The van der Waals surface area contributed by atoms with Crippen LogP contribution in [-0.4, -0.2) is 21.5 Å². The molecule has 0 unspecified atom stereocenters. The highest BCUT2D eigenvalue weighted by Gasteiger charge is 2.24. The molecule has 1 fully saturated rings. The van der Waals surface area contributed by atoms with Gasteiger partial charge in [-0.25, -0.2) is 4.99 Å². The van der Waals surface area contributed by atoms with Crippen molar-refractivity contribution in [2.75, 3.05) is 5.32 Å². The fourth-order valence-corrected chi connectivity index (χ4v) is 3.01. The van der Waals surface area contributed by atoms with Crippen molar-refractivity contribution >= 4 is 46.2 Å². The maximum atomic E-state index is 12.1. The van der Waals surface area contributed by atoms with Crippen LogP contribution in [0.2, 0.25) is 0 Å². The third kappa shape index (κ3) is 3.75. The van der Waals surface area contributed by atoms with Crippen LogP contribution < -0.4 is 10.6 Å². The minimum absolute atomic E-state index is 0.122. The molecule has 0 saturated carbocycles. The van der Waals surface area contributed by atoms with Gasteiger partial charge >= 0.3 is 0 Å². The number of thioether (sulfide) groups is 1.